The highest BCUT2D eigenvalue weighted by Crippen LogP contribution is 2.11. The molecule has 1 heterocycles. The first-order valence-electron chi connectivity index (χ1n) is 7.20. The van der Waals surface area contributed by atoms with Gasteiger partial charge in [-0.3, -0.25) is 9.59 Å². The summed E-state index contributed by atoms with van der Waals surface area (Å²) in [4.78, 5) is 26.7. The molecule has 4 nitrogen and oxygen atoms in total. The predicted octanol–water partition coefficient (Wildman–Crippen LogP) is 3.31. The van der Waals surface area contributed by atoms with Crippen LogP contribution in [0.25, 0.3) is 0 Å². The van der Waals surface area contributed by atoms with Gasteiger partial charge < -0.3 is 10.3 Å². The van der Waals surface area contributed by atoms with Crippen molar-refractivity contribution in [1.82, 2.24) is 10.3 Å². The van der Waals surface area contributed by atoms with Gasteiger partial charge in [-0.1, -0.05) is 26.0 Å². The Balaban J connectivity index is 1.94. The van der Waals surface area contributed by atoms with Gasteiger partial charge in [0, 0.05) is 24.7 Å². The van der Waals surface area contributed by atoms with Gasteiger partial charge in [0.2, 0.25) is 0 Å². The summed E-state index contributed by atoms with van der Waals surface area (Å²) < 4.78 is 12.8. The zero-order valence-corrected chi connectivity index (χ0v) is 12.7. The van der Waals surface area contributed by atoms with Crippen molar-refractivity contribution in [1.29, 1.82) is 0 Å². The molecule has 0 bridgehead atoms. The number of aromatic amines is 1. The van der Waals surface area contributed by atoms with Gasteiger partial charge >= 0.3 is 0 Å². The lowest BCUT2D eigenvalue weighted by Crippen LogP contribution is -2.23. The number of aromatic nitrogens is 1. The van der Waals surface area contributed by atoms with Crippen LogP contribution >= 0.6 is 0 Å². The first kappa shape index (κ1) is 15.9. The molecule has 5 heteroatoms. The molecule has 2 N–H and O–H groups in total. The predicted molar refractivity (Wildman–Crippen MR) is 82.1 cm³/mol. The van der Waals surface area contributed by atoms with Crippen LogP contribution in [-0.4, -0.2) is 16.7 Å². The smallest absolute Gasteiger partial charge is 0.267 e. The van der Waals surface area contributed by atoms with Gasteiger partial charge in [-0.2, -0.15) is 0 Å². The Morgan fingerprint density at radius 1 is 1.23 bits per heavy atom. The zero-order valence-electron chi connectivity index (χ0n) is 12.7. The Labute approximate surface area is 128 Å². The van der Waals surface area contributed by atoms with Crippen molar-refractivity contribution < 1.29 is 14.0 Å². The standard InChI is InChI=1S/C17H19FN2O2/c1-11(2)7-16(21)13-8-15(19-10-13)17(22)20-9-12-3-5-14(18)6-4-12/h3-6,8,10-11,19H,7,9H2,1-2H3,(H,20,22). The van der Waals surface area contributed by atoms with Crippen LogP contribution in [0.1, 0.15) is 46.7 Å². The third-order valence-corrected chi connectivity index (χ3v) is 3.21. The molecule has 0 fully saturated rings. The molecule has 22 heavy (non-hydrogen) atoms. The van der Waals surface area contributed by atoms with Crippen molar-refractivity contribution in [2.75, 3.05) is 0 Å². The van der Waals surface area contributed by atoms with E-state index in [9.17, 15) is 14.0 Å². The largest absolute Gasteiger partial charge is 0.356 e. The maximum absolute atomic E-state index is 12.8. The lowest BCUT2D eigenvalue weighted by atomic mass is 10.0. The van der Waals surface area contributed by atoms with Crippen molar-refractivity contribution in [3.63, 3.8) is 0 Å². The second-order valence-electron chi connectivity index (χ2n) is 5.63. The van der Waals surface area contributed by atoms with Gasteiger partial charge in [-0.05, 0) is 29.7 Å². The van der Waals surface area contributed by atoms with Crippen LogP contribution in [-0.2, 0) is 6.54 Å². The van der Waals surface area contributed by atoms with Crippen molar-refractivity contribution in [3.8, 4) is 0 Å². The van der Waals surface area contributed by atoms with Crippen LogP contribution < -0.4 is 5.32 Å². The molecule has 1 aromatic heterocycles. The van der Waals surface area contributed by atoms with Gasteiger partial charge in [0.05, 0.1) is 0 Å². The Kier molecular flexibility index (Phi) is 5.09. The maximum atomic E-state index is 12.8. The third kappa shape index (κ3) is 4.28. The average molecular weight is 302 g/mol. The summed E-state index contributed by atoms with van der Waals surface area (Å²) >= 11 is 0. The fraction of sp³-hybridized carbons (Fsp3) is 0.294. The van der Waals surface area contributed by atoms with Gasteiger partial charge in [-0.15, -0.1) is 0 Å². The molecule has 1 amide bonds. The summed E-state index contributed by atoms with van der Waals surface area (Å²) in [5.74, 6) is -0.317. The SMILES string of the molecule is CC(C)CC(=O)c1c[nH]c(C(=O)NCc2ccc(F)cc2)c1. The van der Waals surface area contributed by atoms with E-state index in [1.807, 2.05) is 13.8 Å². The molecule has 0 unspecified atom stereocenters. The van der Waals surface area contributed by atoms with Gasteiger partial charge in [0.15, 0.2) is 5.78 Å². The van der Waals surface area contributed by atoms with E-state index in [0.717, 1.165) is 5.56 Å². The molecule has 0 aliphatic carbocycles. The summed E-state index contributed by atoms with van der Waals surface area (Å²) in [7, 11) is 0. The van der Waals surface area contributed by atoms with Crippen LogP contribution in [0.15, 0.2) is 36.5 Å². The number of hydrogen-bond acceptors (Lipinski definition) is 2. The van der Waals surface area contributed by atoms with Gasteiger partial charge in [0.25, 0.3) is 5.91 Å². The molecule has 2 rings (SSSR count). The first-order valence-corrected chi connectivity index (χ1v) is 7.20. The van der Waals surface area contributed by atoms with Crippen LogP contribution in [0.3, 0.4) is 0 Å². The highest BCUT2D eigenvalue weighted by Gasteiger charge is 2.13. The molecule has 2 aromatic rings. The van der Waals surface area contributed by atoms with Crippen molar-refractivity contribution in [2.24, 2.45) is 5.92 Å². The van der Waals surface area contributed by atoms with Crippen LogP contribution in [0.2, 0.25) is 0 Å². The summed E-state index contributed by atoms with van der Waals surface area (Å²) in [5, 5.41) is 2.72. The van der Waals surface area contributed by atoms with Gasteiger partial charge in [0.1, 0.15) is 11.5 Å². The lowest BCUT2D eigenvalue weighted by Gasteiger charge is -2.04. The summed E-state index contributed by atoms with van der Waals surface area (Å²) in [6.07, 6.45) is 2.01. The minimum atomic E-state index is -0.312. The second kappa shape index (κ2) is 7.02. The molecule has 0 saturated heterocycles. The van der Waals surface area contributed by atoms with Crippen LogP contribution in [0, 0.1) is 11.7 Å². The number of amides is 1. The molecule has 0 aliphatic rings. The molecule has 0 spiro atoms. The third-order valence-electron chi connectivity index (χ3n) is 3.21. The Hall–Kier alpha value is -2.43. The monoisotopic (exact) mass is 302 g/mol. The highest BCUT2D eigenvalue weighted by molar-refractivity contribution is 6.00. The minimum Gasteiger partial charge on any atom is -0.356 e. The number of carbonyl (C=O) groups excluding carboxylic acids is 2. The Morgan fingerprint density at radius 3 is 2.55 bits per heavy atom. The molecule has 0 saturated carbocycles. The molecule has 1 aromatic carbocycles. The zero-order chi connectivity index (χ0) is 16.1. The number of Topliss-reactive ketones (excluding diaryl/α,β-unsaturated/α-hetero) is 1. The molecule has 0 atom stereocenters. The molecule has 0 aliphatic heterocycles. The van der Waals surface area contributed by atoms with Crippen molar-refractivity contribution in [2.45, 2.75) is 26.8 Å². The Bertz CT molecular complexity index is 660. The van der Waals surface area contributed by atoms with Crippen molar-refractivity contribution in [3.05, 3.63) is 59.2 Å². The highest BCUT2D eigenvalue weighted by atomic mass is 19.1. The van der Waals surface area contributed by atoms with E-state index in [1.165, 1.54) is 12.1 Å². The fourth-order valence-electron chi connectivity index (χ4n) is 2.05. The number of rotatable bonds is 6. The lowest BCUT2D eigenvalue weighted by molar-refractivity contribution is 0.0946. The average Bonchev–Trinajstić information content (AvgIpc) is 2.95. The van der Waals surface area contributed by atoms with E-state index in [0.29, 0.717) is 24.2 Å². The minimum absolute atomic E-state index is 0.0174. The van der Waals surface area contributed by atoms with E-state index < -0.39 is 0 Å². The number of benzene rings is 1. The summed E-state index contributed by atoms with van der Waals surface area (Å²) in [6, 6.07) is 7.48. The molecular weight excluding hydrogens is 283 g/mol. The van der Waals surface area contributed by atoms with E-state index in [2.05, 4.69) is 10.3 Å². The van der Waals surface area contributed by atoms with E-state index in [4.69, 9.17) is 0 Å². The number of carbonyl (C=O) groups is 2. The quantitative estimate of drug-likeness (QED) is 0.804. The maximum Gasteiger partial charge on any atom is 0.267 e. The topological polar surface area (TPSA) is 62.0 Å². The molecule has 116 valence electrons. The summed E-state index contributed by atoms with van der Waals surface area (Å²) in [5.41, 5.74) is 1.66. The molecule has 0 radical (unpaired) electrons. The molecular formula is C17H19FN2O2. The number of H-pyrrole nitrogens is 1. The summed E-state index contributed by atoms with van der Waals surface area (Å²) in [6.45, 7) is 4.25. The van der Waals surface area contributed by atoms with E-state index in [1.54, 1.807) is 24.4 Å². The van der Waals surface area contributed by atoms with Crippen molar-refractivity contribution >= 4 is 11.7 Å². The van der Waals surface area contributed by atoms with Crippen LogP contribution in [0.4, 0.5) is 4.39 Å². The number of halogens is 1. The number of nitrogens with one attached hydrogen (secondary N) is 2. The fourth-order valence-corrected chi connectivity index (χ4v) is 2.05. The Morgan fingerprint density at radius 2 is 1.91 bits per heavy atom. The van der Waals surface area contributed by atoms with Crippen LogP contribution in [0.5, 0.6) is 0 Å². The normalized spacial score (nSPS) is 10.7. The second-order valence-corrected chi connectivity index (χ2v) is 5.63. The van der Waals surface area contributed by atoms with Gasteiger partial charge in [-0.25, -0.2) is 4.39 Å². The number of ketones is 1. The van der Waals surface area contributed by atoms with E-state index >= 15 is 0 Å². The number of hydrogen-bond donors (Lipinski definition) is 2. The van der Waals surface area contributed by atoms with E-state index in [-0.39, 0.29) is 23.4 Å². The first-order chi connectivity index (χ1) is 10.5.